The molecule has 0 spiro atoms. The first-order valence-corrected chi connectivity index (χ1v) is 7.98. The molecule has 0 heterocycles. The molecule has 25 heavy (non-hydrogen) atoms. The monoisotopic (exact) mass is 342 g/mol. The molecule has 0 bridgehead atoms. The van der Waals surface area contributed by atoms with Crippen molar-refractivity contribution >= 4 is 17.6 Å². The van der Waals surface area contributed by atoms with E-state index >= 15 is 0 Å². The Labute approximate surface area is 147 Å². The zero-order valence-corrected chi connectivity index (χ0v) is 14.3. The van der Waals surface area contributed by atoms with E-state index < -0.39 is 11.9 Å². The molecule has 2 aromatic carbocycles. The SMILES string of the molecule is CC(CN(C)CC(=O)Nc1cccc(Oc2ccccc2)c1)C(=O)O. The number of hydrogen-bond acceptors (Lipinski definition) is 4. The molecule has 0 aliphatic carbocycles. The molecule has 1 atom stereocenters. The Hall–Kier alpha value is -2.86. The normalized spacial score (nSPS) is 11.8. The van der Waals surface area contributed by atoms with Crippen molar-refractivity contribution in [1.82, 2.24) is 4.90 Å². The Bertz CT molecular complexity index is 718. The summed E-state index contributed by atoms with van der Waals surface area (Å²) in [6, 6.07) is 16.5. The molecule has 0 fully saturated rings. The maximum Gasteiger partial charge on any atom is 0.307 e. The number of ether oxygens (including phenoxy) is 1. The molecule has 6 heteroatoms. The van der Waals surface area contributed by atoms with Gasteiger partial charge in [0.1, 0.15) is 11.5 Å². The fraction of sp³-hybridized carbons (Fsp3) is 0.263. The zero-order valence-electron chi connectivity index (χ0n) is 14.3. The highest BCUT2D eigenvalue weighted by Crippen LogP contribution is 2.23. The number of carbonyl (C=O) groups excluding carboxylic acids is 1. The van der Waals surface area contributed by atoms with Crippen LogP contribution < -0.4 is 10.1 Å². The Morgan fingerprint density at radius 2 is 1.80 bits per heavy atom. The van der Waals surface area contributed by atoms with Gasteiger partial charge < -0.3 is 15.2 Å². The highest BCUT2D eigenvalue weighted by Gasteiger charge is 2.15. The number of hydrogen-bond donors (Lipinski definition) is 2. The van der Waals surface area contributed by atoms with Gasteiger partial charge in [0.2, 0.25) is 5.91 Å². The number of carboxylic acids is 1. The number of carboxylic acid groups (broad SMARTS) is 1. The minimum Gasteiger partial charge on any atom is -0.481 e. The van der Waals surface area contributed by atoms with Crippen LogP contribution in [0.4, 0.5) is 5.69 Å². The van der Waals surface area contributed by atoms with Gasteiger partial charge in [0, 0.05) is 18.3 Å². The molecule has 0 saturated carbocycles. The molecular formula is C19H22N2O4. The standard InChI is InChI=1S/C19H22N2O4/c1-14(19(23)24)12-21(2)13-18(22)20-15-7-6-10-17(11-15)25-16-8-4-3-5-9-16/h3-11,14H,12-13H2,1-2H3,(H,20,22)(H,23,24). The summed E-state index contributed by atoms with van der Waals surface area (Å²) in [6.07, 6.45) is 0. The minimum atomic E-state index is -0.877. The molecular weight excluding hydrogens is 320 g/mol. The summed E-state index contributed by atoms with van der Waals surface area (Å²) >= 11 is 0. The Kier molecular flexibility index (Phi) is 6.54. The van der Waals surface area contributed by atoms with Gasteiger partial charge in [-0.2, -0.15) is 0 Å². The third-order valence-electron chi connectivity index (χ3n) is 3.52. The maximum atomic E-state index is 12.1. The van der Waals surface area contributed by atoms with Gasteiger partial charge in [0.15, 0.2) is 0 Å². The molecule has 2 rings (SSSR count). The van der Waals surface area contributed by atoms with Gasteiger partial charge in [-0.25, -0.2) is 0 Å². The molecule has 2 aromatic rings. The predicted octanol–water partition coefficient (Wildman–Crippen LogP) is 3.07. The Morgan fingerprint density at radius 3 is 2.48 bits per heavy atom. The van der Waals surface area contributed by atoms with E-state index in [4.69, 9.17) is 9.84 Å². The van der Waals surface area contributed by atoms with Crippen LogP contribution in [-0.4, -0.2) is 42.0 Å². The summed E-state index contributed by atoms with van der Waals surface area (Å²) in [7, 11) is 1.72. The van der Waals surface area contributed by atoms with Gasteiger partial charge in [-0.15, -0.1) is 0 Å². The van der Waals surface area contributed by atoms with Gasteiger partial charge in [-0.3, -0.25) is 14.5 Å². The summed E-state index contributed by atoms with van der Waals surface area (Å²) in [5, 5.41) is 11.7. The quantitative estimate of drug-likeness (QED) is 0.771. The molecule has 0 radical (unpaired) electrons. The summed E-state index contributed by atoms with van der Waals surface area (Å²) < 4.78 is 5.73. The first kappa shape index (κ1) is 18.5. The number of carbonyl (C=O) groups is 2. The van der Waals surface area contributed by atoms with Crippen LogP contribution in [0.3, 0.4) is 0 Å². The lowest BCUT2D eigenvalue weighted by atomic mass is 10.2. The van der Waals surface area contributed by atoms with Gasteiger partial charge in [-0.1, -0.05) is 31.2 Å². The molecule has 0 aliphatic heterocycles. The molecule has 0 aromatic heterocycles. The van der Waals surface area contributed by atoms with E-state index in [0.29, 0.717) is 23.7 Å². The number of benzene rings is 2. The number of anilines is 1. The highest BCUT2D eigenvalue weighted by atomic mass is 16.5. The smallest absolute Gasteiger partial charge is 0.307 e. The van der Waals surface area contributed by atoms with Crippen molar-refractivity contribution in [3.8, 4) is 11.5 Å². The van der Waals surface area contributed by atoms with Crippen LogP contribution in [0.1, 0.15) is 6.92 Å². The van der Waals surface area contributed by atoms with E-state index in [1.54, 1.807) is 37.1 Å². The minimum absolute atomic E-state index is 0.112. The number of nitrogens with one attached hydrogen (secondary N) is 1. The van der Waals surface area contributed by atoms with Crippen LogP contribution in [0.15, 0.2) is 54.6 Å². The Balaban J connectivity index is 1.90. The number of aliphatic carboxylic acids is 1. The van der Waals surface area contributed by atoms with Gasteiger partial charge in [0.05, 0.1) is 12.5 Å². The number of amides is 1. The van der Waals surface area contributed by atoms with Crippen molar-refractivity contribution in [3.63, 3.8) is 0 Å². The summed E-state index contributed by atoms with van der Waals surface area (Å²) in [5.41, 5.74) is 0.623. The summed E-state index contributed by atoms with van der Waals surface area (Å²) in [6.45, 7) is 2.03. The Morgan fingerprint density at radius 1 is 1.12 bits per heavy atom. The third-order valence-corrected chi connectivity index (χ3v) is 3.52. The van der Waals surface area contributed by atoms with Crippen LogP contribution in [0, 0.1) is 5.92 Å². The number of rotatable bonds is 8. The second-order valence-corrected chi connectivity index (χ2v) is 5.93. The molecule has 2 N–H and O–H groups in total. The first-order chi connectivity index (χ1) is 11.9. The predicted molar refractivity (Wildman–Crippen MR) is 95.9 cm³/mol. The first-order valence-electron chi connectivity index (χ1n) is 7.98. The molecule has 132 valence electrons. The molecule has 1 amide bonds. The van der Waals surface area contributed by atoms with Gasteiger partial charge >= 0.3 is 5.97 Å². The van der Waals surface area contributed by atoms with E-state index in [1.165, 1.54) is 0 Å². The second-order valence-electron chi connectivity index (χ2n) is 5.93. The van der Waals surface area contributed by atoms with Crippen molar-refractivity contribution in [2.24, 2.45) is 5.92 Å². The van der Waals surface area contributed by atoms with Crippen LogP contribution in [-0.2, 0) is 9.59 Å². The van der Waals surface area contributed by atoms with Crippen LogP contribution >= 0.6 is 0 Å². The average Bonchev–Trinajstić information content (AvgIpc) is 2.55. The second kappa shape index (κ2) is 8.84. The van der Waals surface area contributed by atoms with Crippen molar-refractivity contribution in [2.45, 2.75) is 6.92 Å². The van der Waals surface area contributed by atoms with Gasteiger partial charge in [0.25, 0.3) is 0 Å². The van der Waals surface area contributed by atoms with Crippen molar-refractivity contribution in [2.75, 3.05) is 25.5 Å². The lowest BCUT2D eigenvalue weighted by molar-refractivity contribution is -0.141. The van der Waals surface area contributed by atoms with Crippen molar-refractivity contribution in [3.05, 3.63) is 54.6 Å². The van der Waals surface area contributed by atoms with Crippen LogP contribution in [0.5, 0.6) is 11.5 Å². The van der Waals surface area contributed by atoms with E-state index in [0.717, 1.165) is 0 Å². The third kappa shape index (κ3) is 6.27. The molecule has 0 saturated heterocycles. The van der Waals surface area contributed by atoms with Crippen LogP contribution in [0.2, 0.25) is 0 Å². The van der Waals surface area contributed by atoms with Crippen LogP contribution in [0.25, 0.3) is 0 Å². The lowest BCUT2D eigenvalue weighted by Gasteiger charge is -2.18. The molecule has 1 unspecified atom stereocenters. The number of para-hydroxylation sites is 1. The zero-order chi connectivity index (χ0) is 18.2. The fourth-order valence-electron chi connectivity index (χ4n) is 2.32. The maximum absolute atomic E-state index is 12.1. The largest absolute Gasteiger partial charge is 0.481 e. The molecule has 0 aliphatic rings. The van der Waals surface area contributed by atoms with Crippen molar-refractivity contribution < 1.29 is 19.4 Å². The topological polar surface area (TPSA) is 78.9 Å². The van der Waals surface area contributed by atoms with Gasteiger partial charge in [-0.05, 0) is 31.3 Å². The van der Waals surface area contributed by atoms with Crippen molar-refractivity contribution in [1.29, 1.82) is 0 Å². The highest BCUT2D eigenvalue weighted by molar-refractivity contribution is 5.92. The lowest BCUT2D eigenvalue weighted by Crippen LogP contribution is -2.35. The van der Waals surface area contributed by atoms with E-state index in [1.807, 2.05) is 36.4 Å². The number of nitrogens with zero attached hydrogens (tertiary/aromatic N) is 1. The average molecular weight is 342 g/mol. The van der Waals surface area contributed by atoms with E-state index in [-0.39, 0.29) is 12.5 Å². The summed E-state index contributed by atoms with van der Waals surface area (Å²) in [4.78, 5) is 24.6. The molecule has 6 nitrogen and oxygen atoms in total. The number of likely N-dealkylation sites (N-methyl/N-ethyl adjacent to an activating group) is 1. The summed E-state index contributed by atoms with van der Waals surface area (Å²) in [5.74, 6) is -0.277. The van der Waals surface area contributed by atoms with E-state index in [2.05, 4.69) is 5.32 Å². The van der Waals surface area contributed by atoms with E-state index in [9.17, 15) is 9.59 Å². The fourth-order valence-corrected chi connectivity index (χ4v) is 2.32.